The molecular weight excluding hydrogens is 396 g/mol. The van der Waals surface area contributed by atoms with Gasteiger partial charge in [0.2, 0.25) is 0 Å². The van der Waals surface area contributed by atoms with Gasteiger partial charge in [0.05, 0.1) is 12.3 Å². The molecule has 0 saturated carbocycles. The van der Waals surface area contributed by atoms with Gasteiger partial charge in [0.1, 0.15) is 12.3 Å². The zero-order valence-electron chi connectivity index (χ0n) is 18.7. The molecule has 2 N–H and O–H groups in total. The zero-order chi connectivity index (χ0) is 23.0. The van der Waals surface area contributed by atoms with Crippen molar-refractivity contribution in [1.29, 1.82) is 0 Å². The van der Waals surface area contributed by atoms with Gasteiger partial charge in [0.15, 0.2) is 6.10 Å². The van der Waals surface area contributed by atoms with Gasteiger partial charge in [-0.15, -0.1) is 0 Å². The van der Waals surface area contributed by atoms with Gasteiger partial charge in [-0.05, 0) is 49.1 Å². The molecule has 0 aliphatic carbocycles. The zero-order valence-corrected chi connectivity index (χ0v) is 18.7. The van der Waals surface area contributed by atoms with E-state index in [0.29, 0.717) is 23.6 Å². The molecule has 1 atom stereocenters. The van der Waals surface area contributed by atoms with Crippen molar-refractivity contribution in [2.75, 3.05) is 18.5 Å². The Labute approximate surface area is 183 Å². The average molecular weight is 427 g/mol. The maximum absolute atomic E-state index is 12.3. The van der Waals surface area contributed by atoms with Crippen LogP contribution in [0.4, 0.5) is 5.69 Å². The predicted octanol–water partition coefficient (Wildman–Crippen LogP) is 3.68. The van der Waals surface area contributed by atoms with E-state index in [0.717, 1.165) is 5.56 Å². The molecule has 0 saturated heterocycles. The van der Waals surface area contributed by atoms with Crippen LogP contribution in [0.25, 0.3) is 0 Å². The van der Waals surface area contributed by atoms with Crippen LogP contribution >= 0.6 is 0 Å². The van der Waals surface area contributed by atoms with Crippen LogP contribution in [0.15, 0.2) is 48.5 Å². The van der Waals surface area contributed by atoms with Crippen LogP contribution in [0.5, 0.6) is 5.75 Å². The molecule has 7 nitrogen and oxygen atoms in total. The number of nitrogens with one attached hydrogen (secondary N) is 2. The molecule has 2 aromatic carbocycles. The van der Waals surface area contributed by atoms with Gasteiger partial charge in [0, 0.05) is 5.56 Å². The number of ether oxygens (including phenoxy) is 2. The van der Waals surface area contributed by atoms with Gasteiger partial charge in [0.25, 0.3) is 11.8 Å². The number of para-hydroxylation sites is 2. The van der Waals surface area contributed by atoms with Crippen LogP contribution in [0.2, 0.25) is 0 Å². The van der Waals surface area contributed by atoms with Crippen molar-refractivity contribution in [2.45, 2.75) is 46.1 Å². The van der Waals surface area contributed by atoms with E-state index < -0.39 is 18.0 Å². The second-order valence-corrected chi connectivity index (χ2v) is 8.06. The van der Waals surface area contributed by atoms with Crippen molar-refractivity contribution in [1.82, 2.24) is 5.32 Å². The maximum atomic E-state index is 12.3. The van der Waals surface area contributed by atoms with Crippen LogP contribution in [0.3, 0.4) is 0 Å². The summed E-state index contributed by atoms with van der Waals surface area (Å²) >= 11 is 0. The van der Waals surface area contributed by atoms with Gasteiger partial charge in [-0.25, -0.2) is 0 Å². The monoisotopic (exact) mass is 426 g/mol. The minimum Gasteiger partial charge on any atom is -0.492 e. The highest BCUT2D eigenvalue weighted by atomic mass is 16.5. The Morgan fingerprint density at radius 2 is 1.65 bits per heavy atom. The third kappa shape index (κ3) is 7.13. The van der Waals surface area contributed by atoms with Gasteiger partial charge >= 0.3 is 5.97 Å². The molecule has 7 heteroatoms. The fourth-order valence-corrected chi connectivity index (χ4v) is 2.75. The second-order valence-electron chi connectivity index (χ2n) is 8.06. The quantitative estimate of drug-likeness (QED) is 0.628. The molecular formula is C24H30N2O5. The highest BCUT2D eigenvalue weighted by Gasteiger charge is 2.20. The largest absolute Gasteiger partial charge is 0.492 e. The summed E-state index contributed by atoms with van der Waals surface area (Å²) in [5.41, 5.74) is 2.02. The fourth-order valence-electron chi connectivity index (χ4n) is 2.75. The standard InChI is InChI=1S/C24H30N2O5/c1-6-30-20-10-8-7-9-19(20)26-22(28)16(2)31-21(27)15-25-23(29)17-11-13-18(14-12-17)24(3,4)5/h7-14,16H,6,15H2,1-5H3,(H,25,29)(H,26,28)/t16-/m0/s1. The number of benzene rings is 2. The first-order chi connectivity index (χ1) is 14.6. The molecule has 0 aliphatic heterocycles. The van der Waals surface area contributed by atoms with Crippen LogP contribution in [0, 0.1) is 0 Å². The molecule has 2 rings (SSSR count). The lowest BCUT2D eigenvalue weighted by Crippen LogP contribution is -2.35. The molecule has 0 bridgehead atoms. The minimum atomic E-state index is -1.04. The molecule has 31 heavy (non-hydrogen) atoms. The smallest absolute Gasteiger partial charge is 0.326 e. The summed E-state index contributed by atoms with van der Waals surface area (Å²) in [5.74, 6) is -1.06. The first kappa shape index (κ1) is 23.9. The molecule has 166 valence electrons. The molecule has 0 radical (unpaired) electrons. The Bertz CT molecular complexity index is 916. The lowest BCUT2D eigenvalue weighted by Gasteiger charge is -2.19. The normalized spacial score (nSPS) is 11.9. The Hall–Kier alpha value is -3.35. The van der Waals surface area contributed by atoms with Gasteiger partial charge < -0.3 is 20.1 Å². The molecule has 0 heterocycles. The number of anilines is 1. The van der Waals surface area contributed by atoms with Crippen molar-refractivity contribution in [2.24, 2.45) is 0 Å². The van der Waals surface area contributed by atoms with Crippen LogP contribution in [-0.2, 0) is 19.7 Å². The molecule has 0 aromatic heterocycles. The summed E-state index contributed by atoms with van der Waals surface area (Å²) in [4.78, 5) is 36.7. The number of amides is 2. The third-order valence-corrected chi connectivity index (χ3v) is 4.53. The van der Waals surface area contributed by atoms with Crippen molar-refractivity contribution >= 4 is 23.5 Å². The molecule has 2 aromatic rings. The Balaban J connectivity index is 1.85. The molecule has 2 amide bonds. The molecule has 0 spiro atoms. The van der Waals surface area contributed by atoms with Crippen molar-refractivity contribution in [3.63, 3.8) is 0 Å². The van der Waals surface area contributed by atoms with E-state index in [1.807, 2.05) is 19.1 Å². The van der Waals surface area contributed by atoms with E-state index >= 15 is 0 Å². The molecule has 0 aliphatic rings. The maximum Gasteiger partial charge on any atom is 0.326 e. The average Bonchev–Trinajstić information content (AvgIpc) is 2.73. The van der Waals surface area contributed by atoms with E-state index in [1.54, 1.807) is 36.4 Å². The number of carbonyl (C=O) groups is 3. The van der Waals surface area contributed by atoms with Crippen LogP contribution in [0.1, 0.15) is 50.5 Å². The number of rotatable bonds is 8. The highest BCUT2D eigenvalue weighted by molar-refractivity contribution is 5.98. The van der Waals surface area contributed by atoms with E-state index in [2.05, 4.69) is 31.4 Å². The van der Waals surface area contributed by atoms with Crippen LogP contribution in [-0.4, -0.2) is 37.0 Å². The minimum absolute atomic E-state index is 0.0152. The molecule has 0 fully saturated rings. The summed E-state index contributed by atoms with van der Waals surface area (Å²) in [5, 5.41) is 5.19. The molecule has 0 unspecified atom stereocenters. The van der Waals surface area contributed by atoms with Crippen molar-refractivity contribution in [3.8, 4) is 5.75 Å². The SMILES string of the molecule is CCOc1ccccc1NC(=O)[C@H](C)OC(=O)CNC(=O)c1ccc(C(C)(C)C)cc1. The van der Waals surface area contributed by atoms with Crippen molar-refractivity contribution in [3.05, 3.63) is 59.7 Å². The summed E-state index contributed by atoms with van der Waals surface area (Å²) in [6.45, 7) is 9.68. The van der Waals surface area contributed by atoms with E-state index in [1.165, 1.54) is 6.92 Å². The summed E-state index contributed by atoms with van der Waals surface area (Å²) in [6, 6.07) is 14.2. The van der Waals surface area contributed by atoms with Gasteiger partial charge in [-0.2, -0.15) is 0 Å². The van der Waals surface area contributed by atoms with Crippen molar-refractivity contribution < 1.29 is 23.9 Å². The van der Waals surface area contributed by atoms with E-state index in [-0.39, 0.29) is 17.9 Å². The summed E-state index contributed by atoms with van der Waals surface area (Å²) in [6.07, 6.45) is -1.04. The summed E-state index contributed by atoms with van der Waals surface area (Å²) in [7, 11) is 0. The predicted molar refractivity (Wildman–Crippen MR) is 119 cm³/mol. The fraction of sp³-hybridized carbons (Fsp3) is 0.375. The van der Waals surface area contributed by atoms with Gasteiger partial charge in [-0.1, -0.05) is 45.0 Å². The first-order valence-electron chi connectivity index (χ1n) is 10.2. The Kier molecular flexibility index (Phi) is 8.19. The second kappa shape index (κ2) is 10.6. The Morgan fingerprint density at radius 1 is 1.00 bits per heavy atom. The Morgan fingerprint density at radius 3 is 2.26 bits per heavy atom. The van der Waals surface area contributed by atoms with Gasteiger partial charge in [-0.3, -0.25) is 14.4 Å². The number of carbonyl (C=O) groups excluding carboxylic acids is 3. The third-order valence-electron chi connectivity index (χ3n) is 4.53. The topological polar surface area (TPSA) is 93.7 Å². The lowest BCUT2D eigenvalue weighted by molar-refractivity contribution is -0.152. The van der Waals surface area contributed by atoms with E-state index in [4.69, 9.17) is 9.47 Å². The first-order valence-corrected chi connectivity index (χ1v) is 10.2. The number of esters is 1. The lowest BCUT2D eigenvalue weighted by atomic mass is 9.87. The highest BCUT2D eigenvalue weighted by Crippen LogP contribution is 2.24. The number of hydrogen-bond donors (Lipinski definition) is 2. The number of hydrogen-bond acceptors (Lipinski definition) is 5. The van der Waals surface area contributed by atoms with Crippen LogP contribution < -0.4 is 15.4 Å². The summed E-state index contributed by atoms with van der Waals surface area (Å²) < 4.78 is 10.6. The van der Waals surface area contributed by atoms with E-state index in [9.17, 15) is 14.4 Å².